The Morgan fingerprint density at radius 1 is 0.163 bits per heavy atom. The van der Waals surface area contributed by atoms with E-state index in [2.05, 4.69) is 361 Å². The molecule has 0 atom stereocenters. The smallest absolute Gasteiger partial charge is 0.0553 e. The van der Waals surface area contributed by atoms with Gasteiger partial charge in [-0.3, -0.25) is 0 Å². The number of aromatic nitrogens is 2. The van der Waals surface area contributed by atoms with Gasteiger partial charge in [-0.1, -0.05) is 297 Å². The SMILES string of the molecule is c1ccc(-c2c3ccccc3c(-c3cc4c(c5ccccc35)c3c5ccccc5ccc3n4-c3ccccc3)c3ccccc23)cc1.c1ccc(-c2c3ccccc3c(-c3ccc(-c4ccc5c(c4)c4ccccc4n5-c4ccccc4)cc3)c3ccccc23)cc1. The van der Waals surface area contributed by atoms with Gasteiger partial charge < -0.3 is 9.13 Å². The lowest BCUT2D eigenvalue weighted by molar-refractivity contribution is 1.18. The van der Waals surface area contributed by atoms with Crippen LogP contribution in [0.5, 0.6) is 0 Å². The molecule has 19 aromatic rings. The molecule has 0 aliphatic heterocycles. The van der Waals surface area contributed by atoms with Gasteiger partial charge in [0.25, 0.3) is 0 Å². The Hall–Kier alpha value is -12.1. The predicted molar refractivity (Wildman–Crippen MR) is 394 cm³/mol. The van der Waals surface area contributed by atoms with E-state index in [1.807, 2.05) is 0 Å². The number of benzene rings is 17. The summed E-state index contributed by atoms with van der Waals surface area (Å²) in [5, 5.41) is 20.4. The first-order valence-corrected chi connectivity index (χ1v) is 31.8. The van der Waals surface area contributed by atoms with Crippen LogP contribution in [0.3, 0.4) is 0 Å². The minimum absolute atomic E-state index is 1.16. The highest BCUT2D eigenvalue weighted by Gasteiger charge is 2.24. The van der Waals surface area contributed by atoms with Crippen molar-refractivity contribution < 1.29 is 0 Å². The first-order valence-electron chi connectivity index (χ1n) is 31.8. The highest BCUT2D eigenvalue weighted by molar-refractivity contribution is 6.33. The molecule has 17 aromatic carbocycles. The molecule has 0 radical (unpaired) electrons. The molecule has 0 unspecified atom stereocenters. The molecular weight excluding hydrogens is 1110 g/mol. The fourth-order valence-corrected chi connectivity index (χ4v) is 15.2. The van der Waals surface area contributed by atoms with Crippen molar-refractivity contribution in [2.45, 2.75) is 0 Å². The average molecular weight is 1170 g/mol. The zero-order valence-corrected chi connectivity index (χ0v) is 50.4. The molecule has 92 heavy (non-hydrogen) atoms. The minimum Gasteiger partial charge on any atom is -0.309 e. The molecule has 2 nitrogen and oxygen atoms in total. The van der Waals surface area contributed by atoms with Gasteiger partial charge in [-0.25, -0.2) is 0 Å². The van der Waals surface area contributed by atoms with E-state index in [0.717, 1.165) is 5.69 Å². The lowest BCUT2D eigenvalue weighted by Gasteiger charge is -2.19. The number of para-hydroxylation sites is 3. The summed E-state index contributed by atoms with van der Waals surface area (Å²) in [4.78, 5) is 0. The van der Waals surface area contributed by atoms with Crippen molar-refractivity contribution in [1.82, 2.24) is 9.13 Å². The van der Waals surface area contributed by atoms with Gasteiger partial charge >= 0.3 is 0 Å². The van der Waals surface area contributed by atoms with Gasteiger partial charge in [0, 0.05) is 32.9 Å². The maximum absolute atomic E-state index is 2.47. The number of hydrogen-bond donors (Lipinski definition) is 0. The summed E-state index contributed by atoms with van der Waals surface area (Å²) in [5.74, 6) is 0. The predicted octanol–water partition coefficient (Wildman–Crippen LogP) is 24.8. The maximum atomic E-state index is 2.47. The molecule has 0 fully saturated rings. The van der Waals surface area contributed by atoms with Gasteiger partial charge in [0.1, 0.15) is 0 Å². The Labute approximate surface area is 533 Å². The fraction of sp³-hybridized carbons (Fsp3) is 0. The van der Waals surface area contributed by atoms with E-state index in [1.54, 1.807) is 0 Å². The monoisotopic (exact) mass is 1170 g/mol. The molecule has 0 N–H and O–H groups in total. The standard InChI is InChI=1S/C46H29N.C44H29N/c1-3-16-31(17-4-1)43-36-23-11-13-25-38(36)44(39-26-14-12-24-37(39)43)40-29-42-46(35-22-10-9-21-34(35)40)45-33-20-8-7-15-30(33)27-28-41(45)47(42)32-18-5-2-6-19-32;1-3-13-31(14-4-1)43-36-18-7-9-20-38(36)44(39-21-10-8-19-37(39)43)32-25-23-30(24-26-32)33-27-28-42-40(29-33)35-17-11-12-22-41(35)45(42)34-15-5-2-6-16-34/h1-29H;1-29H. The minimum atomic E-state index is 1.16. The van der Waals surface area contributed by atoms with Crippen LogP contribution in [0.4, 0.5) is 0 Å². The molecule has 2 aromatic heterocycles. The molecule has 0 saturated heterocycles. The lowest BCUT2D eigenvalue weighted by atomic mass is 9.84. The second-order valence-electron chi connectivity index (χ2n) is 24.1. The van der Waals surface area contributed by atoms with Crippen LogP contribution >= 0.6 is 0 Å². The summed E-state index contributed by atoms with van der Waals surface area (Å²) in [6, 6.07) is 128. The van der Waals surface area contributed by atoms with Gasteiger partial charge in [0.2, 0.25) is 0 Å². The molecule has 0 spiro atoms. The van der Waals surface area contributed by atoms with Crippen molar-refractivity contribution in [3.63, 3.8) is 0 Å². The summed E-state index contributed by atoms with van der Waals surface area (Å²) < 4.78 is 4.84. The quantitative estimate of drug-likeness (QED) is 0.141. The van der Waals surface area contributed by atoms with Gasteiger partial charge in [0.05, 0.1) is 22.1 Å². The summed E-state index contributed by atoms with van der Waals surface area (Å²) in [6.45, 7) is 0. The molecule has 0 aliphatic carbocycles. The van der Waals surface area contributed by atoms with Crippen molar-refractivity contribution in [2.24, 2.45) is 0 Å². The molecule has 2 heterocycles. The first-order chi connectivity index (χ1) is 45.7. The second-order valence-corrected chi connectivity index (χ2v) is 24.1. The molecule has 0 amide bonds. The van der Waals surface area contributed by atoms with Crippen molar-refractivity contribution in [1.29, 1.82) is 0 Å². The Bertz CT molecular complexity index is 5970. The Kier molecular flexibility index (Phi) is 12.6. The van der Waals surface area contributed by atoms with Crippen molar-refractivity contribution in [3.8, 4) is 67.0 Å². The fourth-order valence-electron chi connectivity index (χ4n) is 15.2. The molecule has 2 heteroatoms. The van der Waals surface area contributed by atoms with Gasteiger partial charge in [0.15, 0.2) is 0 Å². The van der Waals surface area contributed by atoms with Gasteiger partial charge in [-0.05, 0) is 175 Å². The molecule has 19 rings (SSSR count). The van der Waals surface area contributed by atoms with Crippen LogP contribution in [0.15, 0.2) is 352 Å². The van der Waals surface area contributed by atoms with Crippen molar-refractivity contribution in [3.05, 3.63) is 352 Å². The topological polar surface area (TPSA) is 9.86 Å². The summed E-state index contributed by atoms with van der Waals surface area (Å²) >= 11 is 0. The van der Waals surface area contributed by atoms with Crippen LogP contribution in [0.2, 0.25) is 0 Å². The highest BCUT2D eigenvalue weighted by atomic mass is 15.0. The van der Waals surface area contributed by atoms with E-state index in [1.165, 1.54) is 170 Å². The summed E-state index contributed by atoms with van der Waals surface area (Å²) in [6.07, 6.45) is 0. The third-order valence-corrected chi connectivity index (χ3v) is 19.1. The van der Waals surface area contributed by atoms with Crippen molar-refractivity contribution in [2.75, 3.05) is 0 Å². The van der Waals surface area contributed by atoms with Crippen LogP contribution in [-0.4, -0.2) is 9.13 Å². The van der Waals surface area contributed by atoms with E-state index < -0.39 is 0 Å². The average Bonchev–Trinajstić information content (AvgIpc) is 1.22. The number of fused-ring (bicyclic) bond motifs is 14. The molecule has 428 valence electrons. The number of rotatable bonds is 7. The lowest BCUT2D eigenvalue weighted by Crippen LogP contribution is -1.95. The Morgan fingerprint density at radius 3 is 1.01 bits per heavy atom. The summed E-state index contributed by atoms with van der Waals surface area (Å²) in [5.41, 5.74) is 19.8. The molecular formula is C90H58N2. The van der Waals surface area contributed by atoms with Crippen molar-refractivity contribution >= 4 is 108 Å². The maximum Gasteiger partial charge on any atom is 0.0553 e. The third kappa shape index (κ3) is 8.49. The van der Waals surface area contributed by atoms with E-state index in [9.17, 15) is 0 Å². The van der Waals surface area contributed by atoms with Crippen LogP contribution in [-0.2, 0) is 0 Å². The molecule has 0 aliphatic rings. The normalized spacial score (nSPS) is 11.7. The zero-order chi connectivity index (χ0) is 60.6. The highest BCUT2D eigenvalue weighted by Crippen LogP contribution is 2.50. The van der Waals surface area contributed by atoms with Crippen LogP contribution < -0.4 is 0 Å². The molecule has 0 saturated carbocycles. The number of nitrogens with zero attached hydrogens (tertiary/aromatic N) is 2. The Morgan fingerprint density at radius 2 is 0.500 bits per heavy atom. The second kappa shape index (κ2) is 21.9. The number of hydrogen-bond acceptors (Lipinski definition) is 0. The van der Waals surface area contributed by atoms with Crippen LogP contribution in [0.25, 0.3) is 175 Å². The largest absolute Gasteiger partial charge is 0.309 e. The van der Waals surface area contributed by atoms with Gasteiger partial charge in [-0.2, -0.15) is 0 Å². The van der Waals surface area contributed by atoms with Crippen LogP contribution in [0.1, 0.15) is 0 Å². The van der Waals surface area contributed by atoms with Crippen LogP contribution in [0, 0.1) is 0 Å². The van der Waals surface area contributed by atoms with E-state index >= 15 is 0 Å². The van der Waals surface area contributed by atoms with E-state index in [-0.39, 0.29) is 0 Å². The Balaban J connectivity index is 0.000000136. The first kappa shape index (κ1) is 53.0. The van der Waals surface area contributed by atoms with E-state index in [4.69, 9.17) is 0 Å². The third-order valence-electron chi connectivity index (χ3n) is 19.1. The van der Waals surface area contributed by atoms with Gasteiger partial charge in [-0.15, -0.1) is 0 Å². The van der Waals surface area contributed by atoms with E-state index in [0.29, 0.717) is 0 Å². The summed E-state index contributed by atoms with van der Waals surface area (Å²) in [7, 11) is 0. The molecule has 0 bridgehead atoms. The zero-order valence-electron chi connectivity index (χ0n) is 50.4.